The van der Waals surface area contributed by atoms with E-state index >= 15 is 0 Å². The molecule has 1 aromatic carbocycles. The van der Waals surface area contributed by atoms with Gasteiger partial charge >= 0.3 is 0 Å². The van der Waals surface area contributed by atoms with Crippen LogP contribution in [0.25, 0.3) is 0 Å². The highest BCUT2D eigenvalue weighted by Crippen LogP contribution is 2.62. The summed E-state index contributed by atoms with van der Waals surface area (Å²) < 4.78 is 13.6. The van der Waals surface area contributed by atoms with Crippen LogP contribution in [-0.2, 0) is 0 Å². The first-order chi connectivity index (χ1) is 8.18. The van der Waals surface area contributed by atoms with Gasteiger partial charge in [-0.2, -0.15) is 0 Å². The van der Waals surface area contributed by atoms with Crippen molar-refractivity contribution in [1.29, 1.82) is 0 Å². The van der Waals surface area contributed by atoms with E-state index in [4.69, 9.17) is 0 Å². The van der Waals surface area contributed by atoms with Crippen molar-refractivity contribution >= 4 is 5.91 Å². The highest BCUT2D eigenvalue weighted by atomic mass is 19.1. The Morgan fingerprint density at radius 3 is 2.28 bits per heavy atom. The van der Waals surface area contributed by atoms with Crippen molar-refractivity contribution in [3.05, 3.63) is 35.1 Å². The van der Waals surface area contributed by atoms with Crippen LogP contribution in [0.5, 0.6) is 0 Å². The number of rotatable bonds is 2. The van der Waals surface area contributed by atoms with Crippen LogP contribution in [0.4, 0.5) is 4.39 Å². The molecule has 0 aromatic heterocycles. The first kappa shape index (κ1) is 13.1. The van der Waals surface area contributed by atoms with E-state index in [0.717, 1.165) is 5.56 Å². The van der Waals surface area contributed by atoms with Gasteiger partial charge in [-0.15, -0.1) is 0 Å². The molecule has 1 N–H and O–H groups in total. The third-order valence-electron chi connectivity index (χ3n) is 4.66. The fourth-order valence-electron chi connectivity index (χ4n) is 2.58. The van der Waals surface area contributed by atoms with E-state index < -0.39 is 5.82 Å². The van der Waals surface area contributed by atoms with Crippen molar-refractivity contribution in [2.24, 2.45) is 10.8 Å². The van der Waals surface area contributed by atoms with E-state index in [-0.39, 0.29) is 28.3 Å². The Morgan fingerprint density at radius 1 is 1.22 bits per heavy atom. The predicted molar refractivity (Wildman–Crippen MR) is 70.0 cm³/mol. The molecule has 0 spiro atoms. The molecule has 1 aromatic rings. The molecule has 2 nitrogen and oxygen atoms in total. The van der Waals surface area contributed by atoms with Gasteiger partial charge in [-0.3, -0.25) is 4.79 Å². The molecular weight excluding hydrogens is 229 g/mol. The highest BCUT2D eigenvalue weighted by molar-refractivity contribution is 5.95. The van der Waals surface area contributed by atoms with Crippen molar-refractivity contribution in [2.75, 3.05) is 0 Å². The zero-order valence-electron chi connectivity index (χ0n) is 11.6. The van der Waals surface area contributed by atoms with Gasteiger partial charge in [-0.25, -0.2) is 4.39 Å². The summed E-state index contributed by atoms with van der Waals surface area (Å²) in [5.74, 6) is -0.783. The molecule has 1 aliphatic carbocycles. The standard InChI is InChI=1S/C15H20FNO/c1-9-6-7-11(16)10(8-9)12(18)17-13-14(2,3)15(13,4)5/h6-8,13H,1-5H3,(H,17,18). The lowest BCUT2D eigenvalue weighted by Gasteiger charge is -2.08. The number of aryl methyl sites for hydroxylation is 1. The lowest BCUT2D eigenvalue weighted by Crippen LogP contribution is -2.30. The minimum Gasteiger partial charge on any atom is -0.348 e. The van der Waals surface area contributed by atoms with Gasteiger partial charge in [0.25, 0.3) is 5.91 Å². The van der Waals surface area contributed by atoms with Gasteiger partial charge in [-0.1, -0.05) is 39.3 Å². The topological polar surface area (TPSA) is 29.1 Å². The van der Waals surface area contributed by atoms with Gasteiger partial charge in [-0.05, 0) is 29.9 Å². The molecule has 0 heterocycles. The Hall–Kier alpha value is -1.38. The molecule has 1 fully saturated rings. The van der Waals surface area contributed by atoms with E-state index in [2.05, 4.69) is 33.0 Å². The molecule has 3 heteroatoms. The van der Waals surface area contributed by atoms with Gasteiger partial charge < -0.3 is 5.32 Å². The van der Waals surface area contributed by atoms with Crippen LogP contribution in [0.2, 0.25) is 0 Å². The summed E-state index contributed by atoms with van der Waals surface area (Å²) in [6.45, 7) is 10.3. The molecule has 0 atom stereocenters. The van der Waals surface area contributed by atoms with Gasteiger partial charge in [0.2, 0.25) is 0 Å². The summed E-state index contributed by atoms with van der Waals surface area (Å²) in [5, 5.41) is 2.94. The van der Waals surface area contributed by atoms with Gasteiger partial charge in [0.15, 0.2) is 0 Å². The number of nitrogens with one attached hydrogen (secondary N) is 1. The van der Waals surface area contributed by atoms with Crippen LogP contribution < -0.4 is 5.32 Å². The lowest BCUT2D eigenvalue weighted by atomic mass is 10.0. The maximum absolute atomic E-state index is 13.6. The Kier molecular flexibility index (Phi) is 2.76. The van der Waals surface area contributed by atoms with Gasteiger partial charge in [0.05, 0.1) is 5.56 Å². The summed E-state index contributed by atoms with van der Waals surface area (Å²) >= 11 is 0. The second-order valence-corrected chi connectivity index (χ2v) is 6.33. The monoisotopic (exact) mass is 249 g/mol. The molecule has 0 unspecified atom stereocenters. The molecule has 1 aliphatic rings. The Morgan fingerprint density at radius 2 is 1.78 bits per heavy atom. The molecule has 1 amide bonds. The number of hydrogen-bond acceptors (Lipinski definition) is 1. The molecule has 0 saturated heterocycles. The number of hydrogen-bond donors (Lipinski definition) is 1. The van der Waals surface area contributed by atoms with Crippen LogP contribution in [-0.4, -0.2) is 11.9 Å². The van der Waals surface area contributed by atoms with Crippen molar-refractivity contribution in [3.63, 3.8) is 0 Å². The van der Waals surface area contributed by atoms with E-state index in [9.17, 15) is 9.18 Å². The third kappa shape index (κ3) is 1.82. The molecule has 1 saturated carbocycles. The normalized spacial score (nSPS) is 20.6. The zero-order valence-corrected chi connectivity index (χ0v) is 11.6. The molecule has 0 bridgehead atoms. The Balaban J connectivity index is 2.17. The first-order valence-electron chi connectivity index (χ1n) is 6.25. The molecular formula is C15H20FNO. The Labute approximate surface area is 108 Å². The minimum atomic E-state index is -0.464. The van der Waals surface area contributed by atoms with Crippen molar-refractivity contribution in [2.45, 2.75) is 40.7 Å². The van der Waals surface area contributed by atoms with Crippen LogP contribution in [0.3, 0.4) is 0 Å². The summed E-state index contributed by atoms with van der Waals surface area (Å²) in [7, 11) is 0. The second kappa shape index (κ2) is 3.81. The van der Waals surface area contributed by atoms with E-state index in [1.165, 1.54) is 6.07 Å². The predicted octanol–water partition coefficient (Wildman–Crippen LogP) is 3.30. The number of carbonyl (C=O) groups excluding carboxylic acids is 1. The number of benzene rings is 1. The summed E-state index contributed by atoms with van der Waals surface area (Å²) in [4.78, 5) is 12.1. The summed E-state index contributed by atoms with van der Waals surface area (Å²) in [6, 6.07) is 4.69. The number of halogens is 1. The SMILES string of the molecule is Cc1ccc(F)c(C(=O)NC2C(C)(C)C2(C)C)c1. The second-order valence-electron chi connectivity index (χ2n) is 6.33. The van der Waals surface area contributed by atoms with Crippen LogP contribution >= 0.6 is 0 Å². The van der Waals surface area contributed by atoms with Gasteiger partial charge in [0, 0.05) is 6.04 Å². The maximum Gasteiger partial charge on any atom is 0.254 e. The maximum atomic E-state index is 13.6. The quantitative estimate of drug-likeness (QED) is 0.856. The average Bonchev–Trinajstić information content (AvgIpc) is 2.64. The van der Waals surface area contributed by atoms with Crippen LogP contribution in [0.15, 0.2) is 18.2 Å². The largest absolute Gasteiger partial charge is 0.348 e. The number of amides is 1. The van der Waals surface area contributed by atoms with E-state index in [0.29, 0.717) is 0 Å². The van der Waals surface area contributed by atoms with E-state index in [1.807, 2.05) is 6.92 Å². The molecule has 0 aliphatic heterocycles. The smallest absolute Gasteiger partial charge is 0.254 e. The molecule has 2 rings (SSSR count). The number of carbonyl (C=O) groups is 1. The molecule has 98 valence electrons. The van der Waals surface area contributed by atoms with E-state index in [1.54, 1.807) is 12.1 Å². The summed E-state index contributed by atoms with van der Waals surface area (Å²) in [6.07, 6.45) is 0. The van der Waals surface area contributed by atoms with Crippen LogP contribution in [0.1, 0.15) is 43.6 Å². The van der Waals surface area contributed by atoms with Gasteiger partial charge in [0.1, 0.15) is 5.82 Å². The average molecular weight is 249 g/mol. The molecule has 18 heavy (non-hydrogen) atoms. The van der Waals surface area contributed by atoms with Crippen molar-refractivity contribution in [1.82, 2.24) is 5.32 Å². The first-order valence-corrected chi connectivity index (χ1v) is 6.25. The fraction of sp³-hybridized carbons (Fsp3) is 0.533. The highest BCUT2D eigenvalue weighted by Gasteiger charge is 2.65. The minimum absolute atomic E-state index is 0.0585. The van der Waals surface area contributed by atoms with Crippen LogP contribution in [0, 0.1) is 23.6 Å². The summed E-state index contributed by atoms with van der Waals surface area (Å²) in [5.41, 5.74) is 1.13. The zero-order chi connectivity index (χ0) is 13.7. The lowest BCUT2D eigenvalue weighted by molar-refractivity contribution is 0.0939. The van der Waals surface area contributed by atoms with Crippen molar-refractivity contribution < 1.29 is 9.18 Å². The third-order valence-corrected chi connectivity index (χ3v) is 4.66. The fourth-order valence-corrected chi connectivity index (χ4v) is 2.58. The molecule has 0 radical (unpaired) electrons. The Bertz CT molecular complexity index is 491. The van der Waals surface area contributed by atoms with Crippen molar-refractivity contribution in [3.8, 4) is 0 Å².